The van der Waals surface area contributed by atoms with Crippen LogP contribution in [0.1, 0.15) is 0 Å². The average Bonchev–Trinajstić information content (AvgIpc) is 2.28. The number of hydrogen-bond donors (Lipinski definition) is 1. The summed E-state index contributed by atoms with van der Waals surface area (Å²) in [4.78, 5) is 2.12. The molecule has 2 N–H and O–H groups in total. The van der Waals surface area contributed by atoms with E-state index in [1.54, 1.807) is 17.8 Å². The third kappa shape index (κ3) is 2.73. The molecule has 2 rings (SSSR count). The van der Waals surface area contributed by atoms with E-state index in [0.29, 0.717) is 10.7 Å². The smallest absolute Gasteiger partial charge is 0.0647 e. The summed E-state index contributed by atoms with van der Waals surface area (Å²) in [5, 5.41) is 0.599. The third-order valence-electron chi connectivity index (χ3n) is 2.05. The van der Waals surface area contributed by atoms with Crippen LogP contribution in [0.5, 0.6) is 0 Å². The number of benzene rings is 2. The van der Waals surface area contributed by atoms with Crippen LogP contribution >= 0.6 is 39.3 Å². The first-order valence-corrected chi connectivity index (χ1v) is 6.63. The molecule has 0 aliphatic heterocycles. The summed E-state index contributed by atoms with van der Waals surface area (Å²) in [7, 11) is 0. The Balaban J connectivity index is 2.27. The van der Waals surface area contributed by atoms with Crippen LogP contribution in [-0.2, 0) is 0 Å². The number of para-hydroxylation sites is 1. The van der Waals surface area contributed by atoms with Crippen molar-refractivity contribution in [3.05, 3.63) is 52.0 Å². The molecule has 0 saturated heterocycles. The van der Waals surface area contributed by atoms with Gasteiger partial charge >= 0.3 is 0 Å². The van der Waals surface area contributed by atoms with Gasteiger partial charge in [0.1, 0.15) is 0 Å². The summed E-state index contributed by atoms with van der Waals surface area (Å²) in [6.07, 6.45) is 0. The molecule has 2 aromatic rings. The van der Waals surface area contributed by atoms with Gasteiger partial charge in [0.25, 0.3) is 0 Å². The number of hydrogen-bond acceptors (Lipinski definition) is 2. The van der Waals surface area contributed by atoms with E-state index in [0.717, 1.165) is 14.3 Å². The molecule has 0 saturated carbocycles. The van der Waals surface area contributed by atoms with Crippen LogP contribution in [0.15, 0.2) is 56.7 Å². The Hall–Kier alpha value is -0.640. The lowest BCUT2D eigenvalue weighted by Crippen LogP contribution is -1.89. The SMILES string of the molecule is Nc1c(Cl)cccc1Sc1ccc(Br)cc1. The summed E-state index contributed by atoms with van der Waals surface area (Å²) in [6, 6.07) is 13.7. The van der Waals surface area contributed by atoms with Gasteiger partial charge in [-0.1, -0.05) is 45.4 Å². The fourth-order valence-electron chi connectivity index (χ4n) is 1.24. The molecule has 0 bridgehead atoms. The first kappa shape index (κ1) is 11.8. The zero-order valence-corrected chi connectivity index (χ0v) is 11.4. The van der Waals surface area contributed by atoms with Crippen LogP contribution in [0, 0.1) is 0 Å². The van der Waals surface area contributed by atoms with Crippen molar-refractivity contribution in [2.24, 2.45) is 0 Å². The maximum absolute atomic E-state index is 5.96. The molecular weight excluding hydrogens is 306 g/mol. The molecule has 0 spiro atoms. The Morgan fingerprint density at radius 1 is 1.06 bits per heavy atom. The highest BCUT2D eigenvalue weighted by Gasteiger charge is 2.04. The molecule has 0 unspecified atom stereocenters. The zero-order valence-electron chi connectivity index (χ0n) is 8.28. The second-order valence-electron chi connectivity index (χ2n) is 3.21. The molecule has 2 aromatic carbocycles. The van der Waals surface area contributed by atoms with E-state index >= 15 is 0 Å². The highest BCUT2D eigenvalue weighted by atomic mass is 79.9. The second-order valence-corrected chi connectivity index (χ2v) is 5.65. The standard InChI is InChI=1S/C12H9BrClNS/c13-8-4-6-9(7-5-8)16-11-3-1-2-10(14)12(11)15/h1-7H,15H2. The molecule has 4 heteroatoms. The molecule has 16 heavy (non-hydrogen) atoms. The van der Waals surface area contributed by atoms with Crippen LogP contribution in [0.2, 0.25) is 5.02 Å². The number of anilines is 1. The molecular formula is C12H9BrClNS. The molecule has 82 valence electrons. The Bertz CT molecular complexity index is 499. The molecule has 0 fully saturated rings. The molecule has 0 aliphatic carbocycles. The minimum absolute atomic E-state index is 0.599. The number of nitrogen functional groups attached to an aromatic ring is 1. The summed E-state index contributed by atoms with van der Waals surface area (Å²) >= 11 is 11.0. The van der Waals surface area contributed by atoms with Crippen molar-refractivity contribution in [2.45, 2.75) is 9.79 Å². The van der Waals surface area contributed by atoms with Crippen LogP contribution < -0.4 is 5.73 Å². The Morgan fingerprint density at radius 2 is 1.75 bits per heavy atom. The Morgan fingerprint density at radius 3 is 2.44 bits per heavy atom. The zero-order chi connectivity index (χ0) is 11.5. The maximum Gasteiger partial charge on any atom is 0.0647 e. The van der Waals surface area contributed by atoms with Crippen LogP contribution in [0.25, 0.3) is 0 Å². The van der Waals surface area contributed by atoms with Crippen molar-refractivity contribution >= 4 is 45.0 Å². The van der Waals surface area contributed by atoms with Crippen LogP contribution in [-0.4, -0.2) is 0 Å². The topological polar surface area (TPSA) is 26.0 Å². The van der Waals surface area contributed by atoms with E-state index in [1.165, 1.54) is 0 Å². The summed E-state index contributed by atoms with van der Waals surface area (Å²) in [5.74, 6) is 0. The lowest BCUT2D eigenvalue weighted by molar-refractivity contribution is 1.40. The molecule has 0 radical (unpaired) electrons. The highest BCUT2D eigenvalue weighted by molar-refractivity contribution is 9.10. The monoisotopic (exact) mass is 313 g/mol. The first-order chi connectivity index (χ1) is 7.66. The second kappa shape index (κ2) is 5.13. The number of nitrogens with two attached hydrogens (primary N) is 1. The fraction of sp³-hybridized carbons (Fsp3) is 0. The van der Waals surface area contributed by atoms with Crippen LogP contribution in [0.3, 0.4) is 0 Å². The van der Waals surface area contributed by atoms with Gasteiger partial charge < -0.3 is 5.73 Å². The molecule has 0 heterocycles. The van der Waals surface area contributed by atoms with Gasteiger partial charge in [-0.05, 0) is 36.4 Å². The third-order valence-corrected chi connectivity index (χ3v) is 4.00. The van der Waals surface area contributed by atoms with Crippen molar-refractivity contribution in [3.63, 3.8) is 0 Å². The maximum atomic E-state index is 5.96. The van der Waals surface area contributed by atoms with Gasteiger partial charge in [-0.3, -0.25) is 0 Å². The van der Waals surface area contributed by atoms with Crippen molar-refractivity contribution in [3.8, 4) is 0 Å². The largest absolute Gasteiger partial charge is 0.397 e. The normalized spacial score (nSPS) is 10.4. The van der Waals surface area contributed by atoms with Crippen LogP contribution in [0.4, 0.5) is 5.69 Å². The molecule has 0 amide bonds. The number of rotatable bonds is 2. The minimum atomic E-state index is 0.599. The van der Waals surface area contributed by atoms with Gasteiger partial charge in [-0.15, -0.1) is 0 Å². The Kier molecular flexibility index (Phi) is 3.79. The quantitative estimate of drug-likeness (QED) is 0.803. The van der Waals surface area contributed by atoms with E-state index < -0.39 is 0 Å². The first-order valence-electron chi connectivity index (χ1n) is 4.64. The van der Waals surface area contributed by atoms with Crippen molar-refractivity contribution < 1.29 is 0 Å². The van der Waals surface area contributed by atoms with Crippen molar-refractivity contribution in [1.29, 1.82) is 0 Å². The van der Waals surface area contributed by atoms with E-state index in [-0.39, 0.29) is 0 Å². The van der Waals surface area contributed by atoms with E-state index in [9.17, 15) is 0 Å². The molecule has 0 atom stereocenters. The Labute approximate surface area is 112 Å². The van der Waals surface area contributed by atoms with Crippen molar-refractivity contribution in [1.82, 2.24) is 0 Å². The molecule has 1 nitrogen and oxygen atoms in total. The fourth-order valence-corrected chi connectivity index (χ4v) is 2.62. The van der Waals surface area contributed by atoms with Crippen molar-refractivity contribution in [2.75, 3.05) is 5.73 Å². The predicted octanol–water partition coefficient (Wildman–Crippen LogP) is 4.84. The molecule has 0 aliphatic rings. The van der Waals surface area contributed by atoms with Gasteiger partial charge in [0.2, 0.25) is 0 Å². The van der Waals surface area contributed by atoms with E-state index in [1.807, 2.05) is 36.4 Å². The summed E-state index contributed by atoms with van der Waals surface area (Å²) in [5.41, 5.74) is 6.53. The van der Waals surface area contributed by atoms with E-state index in [4.69, 9.17) is 17.3 Å². The predicted molar refractivity (Wildman–Crippen MR) is 74.1 cm³/mol. The minimum Gasteiger partial charge on any atom is -0.397 e. The lowest BCUT2D eigenvalue weighted by Gasteiger charge is -2.06. The summed E-state index contributed by atoms with van der Waals surface area (Å²) < 4.78 is 1.07. The highest BCUT2D eigenvalue weighted by Crippen LogP contribution is 2.35. The van der Waals surface area contributed by atoms with E-state index in [2.05, 4.69) is 15.9 Å². The lowest BCUT2D eigenvalue weighted by atomic mass is 10.3. The van der Waals surface area contributed by atoms with Gasteiger partial charge in [0, 0.05) is 14.3 Å². The van der Waals surface area contributed by atoms with Gasteiger partial charge in [0.05, 0.1) is 10.7 Å². The van der Waals surface area contributed by atoms with Gasteiger partial charge in [-0.2, -0.15) is 0 Å². The van der Waals surface area contributed by atoms with Gasteiger partial charge in [-0.25, -0.2) is 0 Å². The number of halogens is 2. The molecule has 0 aromatic heterocycles. The van der Waals surface area contributed by atoms with Gasteiger partial charge in [0.15, 0.2) is 0 Å². The average molecular weight is 315 g/mol. The summed E-state index contributed by atoms with van der Waals surface area (Å²) in [6.45, 7) is 0.